The van der Waals surface area contributed by atoms with Crippen LogP contribution in [-0.4, -0.2) is 20.0 Å². The number of nitrogens with two attached hydrogens (primary N) is 1. The Balaban J connectivity index is 2.39. The smallest absolute Gasteiger partial charge is 0.153 e. The highest BCUT2D eigenvalue weighted by atomic mass is 79.9. The molecule has 0 aromatic carbocycles. The minimum atomic E-state index is -0.345. The molecule has 1 unspecified atom stereocenters. The molecule has 16 heavy (non-hydrogen) atoms. The van der Waals surface area contributed by atoms with Gasteiger partial charge in [0.25, 0.3) is 0 Å². The normalized spacial score (nSPS) is 12.8. The number of aryl methyl sites for hydroxylation is 1. The van der Waals surface area contributed by atoms with Crippen molar-refractivity contribution in [3.63, 3.8) is 0 Å². The lowest BCUT2D eigenvalue weighted by molar-refractivity contribution is 0.644. The number of halogens is 2. The molecule has 84 valence electrons. The van der Waals surface area contributed by atoms with Crippen LogP contribution in [0.25, 0.3) is 0 Å². The van der Waals surface area contributed by atoms with Gasteiger partial charge in [-0.2, -0.15) is 0 Å². The van der Waals surface area contributed by atoms with Gasteiger partial charge in [-0.25, -0.2) is 4.68 Å². The summed E-state index contributed by atoms with van der Waals surface area (Å²) in [7, 11) is 1.80. The summed E-state index contributed by atoms with van der Waals surface area (Å²) < 4.78 is 3.20. The second-order valence-electron chi connectivity index (χ2n) is 3.27. The highest BCUT2D eigenvalue weighted by molar-refractivity contribution is 9.10. The average Bonchev–Trinajstić information content (AvgIpc) is 2.59. The van der Waals surface area contributed by atoms with Crippen molar-refractivity contribution in [2.24, 2.45) is 12.8 Å². The molecule has 2 heterocycles. The van der Waals surface area contributed by atoms with E-state index in [0.29, 0.717) is 4.60 Å². The molecule has 0 amide bonds. The van der Waals surface area contributed by atoms with E-state index in [1.807, 2.05) is 12.1 Å². The van der Waals surface area contributed by atoms with E-state index in [-0.39, 0.29) is 6.04 Å². The number of aromatic nitrogens is 4. The van der Waals surface area contributed by atoms with E-state index in [1.54, 1.807) is 17.9 Å². The molecule has 1 atom stereocenters. The molecular formula is C9H9Br2N5. The molecule has 0 fully saturated rings. The molecule has 0 spiro atoms. The largest absolute Gasteiger partial charge is 0.318 e. The summed E-state index contributed by atoms with van der Waals surface area (Å²) >= 11 is 6.65. The van der Waals surface area contributed by atoms with Gasteiger partial charge in [-0.3, -0.25) is 4.98 Å². The lowest BCUT2D eigenvalue weighted by Gasteiger charge is -2.11. The Labute approximate surface area is 109 Å². The number of pyridine rings is 1. The van der Waals surface area contributed by atoms with Gasteiger partial charge in [-0.15, -0.1) is 5.10 Å². The summed E-state index contributed by atoms with van der Waals surface area (Å²) in [5, 5.41) is 7.78. The van der Waals surface area contributed by atoms with Gasteiger partial charge in [0, 0.05) is 17.7 Å². The van der Waals surface area contributed by atoms with Crippen LogP contribution in [0.5, 0.6) is 0 Å². The predicted octanol–water partition coefficient (Wildman–Crippen LogP) is 1.78. The Morgan fingerprint density at radius 3 is 2.62 bits per heavy atom. The minimum absolute atomic E-state index is 0.345. The van der Waals surface area contributed by atoms with Crippen LogP contribution < -0.4 is 5.73 Å². The molecule has 0 aliphatic carbocycles. The lowest BCUT2D eigenvalue weighted by Crippen LogP contribution is -2.17. The first kappa shape index (κ1) is 11.7. The van der Waals surface area contributed by atoms with E-state index in [1.165, 1.54) is 0 Å². The van der Waals surface area contributed by atoms with E-state index in [0.717, 1.165) is 15.9 Å². The van der Waals surface area contributed by atoms with Crippen molar-refractivity contribution in [2.45, 2.75) is 6.04 Å². The summed E-state index contributed by atoms with van der Waals surface area (Å²) in [5.41, 5.74) is 7.68. The topological polar surface area (TPSA) is 69.6 Å². The second kappa shape index (κ2) is 4.60. The molecule has 0 saturated heterocycles. The van der Waals surface area contributed by atoms with E-state index in [2.05, 4.69) is 47.2 Å². The molecule has 0 bridgehead atoms. The third kappa shape index (κ3) is 2.16. The number of nitrogens with zero attached hydrogens (tertiary/aromatic N) is 4. The maximum Gasteiger partial charge on any atom is 0.153 e. The van der Waals surface area contributed by atoms with Gasteiger partial charge >= 0.3 is 0 Å². The van der Waals surface area contributed by atoms with E-state index >= 15 is 0 Å². The zero-order chi connectivity index (χ0) is 11.7. The van der Waals surface area contributed by atoms with Gasteiger partial charge in [-0.05, 0) is 44.0 Å². The average molecular weight is 347 g/mol. The lowest BCUT2D eigenvalue weighted by atomic mass is 10.1. The maximum absolute atomic E-state index is 6.10. The highest BCUT2D eigenvalue weighted by Gasteiger charge is 2.18. The van der Waals surface area contributed by atoms with Crippen LogP contribution in [0.2, 0.25) is 0 Å². The summed E-state index contributed by atoms with van der Waals surface area (Å²) in [6.45, 7) is 0. The fourth-order valence-electron chi connectivity index (χ4n) is 1.38. The molecule has 0 aliphatic rings. The molecule has 0 saturated carbocycles. The van der Waals surface area contributed by atoms with Crippen molar-refractivity contribution in [1.29, 1.82) is 0 Å². The van der Waals surface area contributed by atoms with Gasteiger partial charge in [-0.1, -0.05) is 5.21 Å². The first-order chi connectivity index (χ1) is 7.59. The first-order valence-electron chi connectivity index (χ1n) is 4.51. The fourth-order valence-corrected chi connectivity index (χ4v) is 2.19. The summed E-state index contributed by atoms with van der Waals surface area (Å²) in [6.07, 6.45) is 1.72. The Morgan fingerprint density at radius 1 is 1.38 bits per heavy atom. The number of rotatable bonds is 2. The monoisotopic (exact) mass is 345 g/mol. The molecule has 5 nitrogen and oxygen atoms in total. The Bertz CT molecular complexity index is 474. The van der Waals surface area contributed by atoms with E-state index in [4.69, 9.17) is 5.73 Å². The first-order valence-corrected chi connectivity index (χ1v) is 6.10. The van der Waals surface area contributed by atoms with Crippen LogP contribution in [0.15, 0.2) is 27.4 Å². The zero-order valence-electron chi connectivity index (χ0n) is 8.43. The predicted molar refractivity (Wildman–Crippen MR) is 66.7 cm³/mol. The molecule has 2 N–H and O–H groups in total. The zero-order valence-corrected chi connectivity index (χ0v) is 11.6. The standard InChI is InChI=1S/C9H9Br2N5/c1-16-8(9(11)14-15-16)7(12)6-3-2-5(10)4-13-6/h2-4,7H,12H2,1H3. The SMILES string of the molecule is Cn1nnc(Br)c1C(N)c1ccc(Br)cn1. The fraction of sp³-hybridized carbons (Fsp3) is 0.222. The van der Waals surface area contributed by atoms with Gasteiger partial charge in [0.1, 0.15) is 0 Å². The quantitative estimate of drug-likeness (QED) is 0.899. The Morgan fingerprint density at radius 2 is 2.12 bits per heavy atom. The minimum Gasteiger partial charge on any atom is -0.318 e. The molecule has 0 aliphatic heterocycles. The van der Waals surface area contributed by atoms with E-state index < -0.39 is 0 Å². The Hall–Kier alpha value is -0.790. The van der Waals surface area contributed by atoms with E-state index in [9.17, 15) is 0 Å². The van der Waals surface area contributed by atoms with Crippen molar-refractivity contribution in [3.05, 3.63) is 38.8 Å². The van der Waals surface area contributed by atoms with Crippen LogP contribution in [0, 0.1) is 0 Å². The van der Waals surface area contributed by atoms with Crippen LogP contribution in [0.1, 0.15) is 17.4 Å². The van der Waals surface area contributed by atoms with Gasteiger partial charge in [0.2, 0.25) is 0 Å². The molecular weight excluding hydrogens is 338 g/mol. The van der Waals surface area contributed by atoms with Crippen LogP contribution in [0.3, 0.4) is 0 Å². The van der Waals surface area contributed by atoms with Crippen molar-refractivity contribution >= 4 is 31.9 Å². The van der Waals surface area contributed by atoms with Crippen LogP contribution >= 0.6 is 31.9 Å². The number of hydrogen-bond acceptors (Lipinski definition) is 4. The molecule has 7 heteroatoms. The third-order valence-electron chi connectivity index (χ3n) is 2.19. The van der Waals surface area contributed by atoms with Crippen molar-refractivity contribution < 1.29 is 0 Å². The van der Waals surface area contributed by atoms with Crippen molar-refractivity contribution in [1.82, 2.24) is 20.0 Å². The van der Waals surface area contributed by atoms with Gasteiger partial charge < -0.3 is 5.73 Å². The molecule has 2 rings (SSSR count). The maximum atomic E-state index is 6.10. The van der Waals surface area contributed by atoms with Crippen molar-refractivity contribution in [2.75, 3.05) is 0 Å². The van der Waals surface area contributed by atoms with Gasteiger partial charge in [0.05, 0.1) is 17.4 Å². The Kier molecular flexibility index (Phi) is 3.36. The van der Waals surface area contributed by atoms with Crippen LogP contribution in [-0.2, 0) is 7.05 Å². The van der Waals surface area contributed by atoms with Gasteiger partial charge in [0.15, 0.2) is 4.60 Å². The second-order valence-corrected chi connectivity index (χ2v) is 4.93. The van der Waals surface area contributed by atoms with Crippen molar-refractivity contribution in [3.8, 4) is 0 Å². The molecule has 0 radical (unpaired) electrons. The summed E-state index contributed by atoms with van der Waals surface area (Å²) in [4.78, 5) is 4.25. The summed E-state index contributed by atoms with van der Waals surface area (Å²) in [5.74, 6) is 0. The highest BCUT2D eigenvalue weighted by Crippen LogP contribution is 2.23. The number of hydrogen-bond donors (Lipinski definition) is 1. The molecule has 2 aromatic heterocycles. The third-order valence-corrected chi connectivity index (χ3v) is 3.22. The summed E-state index contributed by atoms with van der Waals surface area (Å²) in [6, 6.07) is 3.43. The van der Waals surface area contributed by atoms with Crippen LogP contribution in [0.4, 0.5) is 0 Å². The molecule has 2 aromatic rings.